The summed E-state index contributed by atoms with van der Waals surface area (Å²) < 4.78 is 12.8. The topological polar surface area (TPSA) is 53.1 Å². The third-order valence-electron chi connectivity index (χ3n) is 2.90. The average molecular weight is 237 g/mol. The Balaban J connectivity index is 2.60. The maximum Gasteiger partial charge on any atom is 0.123 e. The number of benzene rings is 1. The van der Waals surface area contributed by atoms with Crippen molar-refractivity contribution in [3.8, 4) is 0 Å². The zero-order valence-electron chi connectivity index (χ0n) is 10.4. The van der Waals surface area contributed by atoms with Crippen LogP contribution in [0.5, 0.6) is 0 Å². The molecule has 1 unspecified atom stereocenters. The SMILES string of the molecule is CCC(CC(=N)N)N(C)Cc1ccc(F)cc1. The van der Waals surface area contributed by atoms with Crippen LogP contribution in [0.2, 0.25) is 0 Å². The number of hydrogen-bond donors (Lipinski definition) is 2. The first kappa shape index (κ1) is 13.6. The average Bonchev–Trinajstić information content (AvgIpc) is 2.28. The van der Waals surface area contributed by atoms with Crippen LogP contribution in [0.25, 0.3) is 0 Å². The summed E-state index contributed by atoms with van der Waals surface area (Å²) in [5.74, 6) is -0.00464. The molecule has 94 valence electrons. The smallest absolute Gasteiger partial charge is 0.123 e. The quantitative estimate of drug-likeness (QED) is 0.589. The number of amidine groups is 1. The second kappa shape index (κ2) is 6.35. The van der Waals surface area contributed by atoms with E-state index in [0.29, 0.717) is 6.42 Å². The minimum absolute atomic E-state index is 0.211. The van der Waals surface area contributed by atoms with E-state index < -0.39 is 0 Å². The van der Waals surface area contributed by atoms with Crippen molar-refractivity contribution in [1.29, 1.82) is 5.41 Å². The second-order valence-corrected chi connectivity index (χ2v) is 4.33. The van der Waals surface area contributed by atoms with Crippen molar-refractivity contribution in [2.45, 2.75) is 32.4 Å². The van der Waals surface area contributed by atoms with Gasteiger partial charge in [0.1, 0.15) is 5.82 Å². The van der Waals surface area contributed by atoms with Crippen LogP contribution in [0.4, 0.5) is 4.39 Å². The van der Waals surface area contributed by atoms with Gasteiger partial charge in [-0.1, -0.05) is 19.1 Å². The highest BCUT2D eigenvalue weighted by molar-refractivity contribution is 5.77. The van der Waals surface area contributed by atoms with Crippen LogP contribution >= 0.6 is 0 Å². The molecule has 0 aliphatic heterocycles. The Morgan fingerprint density at radius 2 is 2.00 bits per heavy atom. The van der Waals surface area contributed by atoms with Crippen molar-refractivity contribution >= 4 is 5.84 Å². The Morgan fingerprint density at radius 1 is 1.41 bits per heavy atom. The van der Waals surface area contributed by atoms with E-state index in [1.165, 1.54) is 12.1 Å². The van der Waals surface area contributed by atoms with Crippen LogP contribution in [0.1, 0.15) is 25.3 Å². The highest BCUT2D eigenvalue weighted by atomic mass is 19.1. The molecule has 0 aromatic heterocycles. The van der Waals surface area contributed by atoms with Crippen LogP contribution in [-0.2, 0) is 6.54 Å². The molecule has 3 nitrogen and oxygen atoms in total. The molecule has 1 atom stereocenters. The zero-order valence-corrected chi connectivity index (χ0v) is 10.4. The minimum atomic E-state index is -0.216. The lowest BCUT2D eigenvalue weighted by Gasteiger charge is -2.26. The first-order valence-corrected chi connectivity index (χ1v) is 5.80. The van der Waals surface area contributed by atoms with E-state index >= 15 is 0 Å². The Kier molecular flexibility index (Phi) is 5.10. The Morgan fingerprint density at radius 3 is 2.47 bits per heavy atom. The van der Waals surface area contributed by atoms with Gasteiger partial charge in [0, 0.05) is 19.0 Å². The van der Waals surface area contributed by atoms with Crippen molar-refractivity contribution < 1.29 is 4.39 Å². The van der Waals surface area contributed by atoms with Gasteiger partial charge in [-0.15, -0.1) is 0 Å². The van der Waals surface area contributed by atoms with Crippen LogP contribution in [0, 0.1) is 11.2 Å². The first-order valence-electron chi connectivity index (χ1n) is 5.80. The standard InChI is InChI=1S/C13H20FN3/c1-3-12(8-13(15)16)17(2)9-10-4-6-11(14)7-5-10/h4-7,12H,3,8-9H2,1-2H3,(H3,15,16). The van der Waals surface area contributed by atoms with Crippen LogP contribution in [-0.4, -0.2) is 23.8 Å². The largest absolute Gasteiger partial charge is 0.388 e. The molecule has 0 saturated heterocycles. The highest BCUT2D eigenvalue weighted by Crippen LogP contribution is 2.12. The number of nitrogens with zero attached hydrogens (tertiary/aromatic N) is 1. The molecule has 4 heteroatoms. The fourth-order valence-electron chi connectivity index (χ4n) is 1.87. The molecule has 0 aliphatic rings. The van der Waals surface area contributed by atoms with E-state index in [9.17, 15) is 4.39 Å². The molecule has 0 radical (unpaired) electrons. The van der Waals surface area contributed by atoms with Crippen molar-refractivity contribution in [3.63, 3.8) is 0 Å². The van der Waals surface area contributed by atoms with Gasteiger partial charge in [-0.3, -0.25) is 10.3 Å². The Bertz CT molecular complexity index is 361. The molecule has 1 aromatic rings. The van der Waals surface area contributed by atoms with Gasteiger partial charge in [0.25, 0.3) is 0 Å². The lowest BCUT2D eigenvalue weighted by Crippen LogP contribution is -2.34. The Hall–Kier alpha value is -1.42. The first-order chi connectivity index (χ1) is 8.02. The summed E-state index contributed by atoms with van der Waals surface area (Å²) in [4.78, 5) is 2.15. The molecule has 17 heavy (non-hydrogen) atoms. The zero-order chi connectivity index (χ0) is 12.8. The monoisotopic (exact) mass is 237 g/mol. The molecule has 3 N–H and O–H groups in total. The number of nitrogens with two attached hydrogens (primary N) is 1. The molecule has 0 aliphatic carbocycles. The van der Waals surface area contributed by atoms with Gasteiger partial charge < -0.3 is 5.73 Å². The molecule has 0 amide bonds. The van der Waals surface area contributed by atoms with Crippen molar-refractivity contribution in [2.24, 2.45) is 5.73 Å². The second-order valence-electron chi connectivity index (χ2n) is 4.33. The van der Waals surface area contributed by atoms with E-state index in [2.05, 4.69) is 11.8 Å². The number of nitrogens with one attached hydrogen (secondary N) is 1. The molecular weight excluding hydrogens is 217 g/mol. The van der Waals surface area contributed by atoms with Crippen molar-refractivity contribution in [3.05, 3.63) is 35.6 Å². The normalized spacial score (nSPS) is 12.7. The Labute approximate surface area is 102 Å². The van der Waals surface area contributed by atoms with E-state index in [4.69, 9.17) is 11.1 Å². The van der Waals surface area contributed by atoms with Gasteiger partial charge in [-0.2, -0.15) is 0 Å². The van der Waals surface area contributed by atoms with Crippen molar-refractivity contribution in [1.82, 2.24) is 4.90 Å². The molecule has 0 fully saturated rings. The lowest BCUT2D eigenvalue weighted by molar-refractivity contribution is 0.232. The summed E-state index contributed by atoms with van der Waals surface area (Å²) in [5, 5.41) is 7.33. The maximum atomic E-state index is 12.8. The minimum Gasteiger partial charge on any atom is -0.388 e. The van der Waals surface area contributed by atoms with Gasteiger partial charge in [-0.25, -0.2) is 4.39 Å². The fraction of sp³-hybridized carbons (Fsp3) is 0.462. The molecule has 0 bridgehead atoms. The third kappa shape index (κ3) is 4.53. The van der Waals surface area contributed by atoms with E-state index in [1.54, 1.807) is 12.1 Å². The summed E-state index contributed by atoms with van der Waals surface area (Å²) in [7, 11) is 2.00. The maximum absolute atomic E-state index is 12.8. The molecule has 0 spiro atoms. The predicted molar refractivity (Wildman–Crippen MR) is 68.5 cm³/mol. The van der Waals surface area contributed by atoms with Gasteiger partial charge in [-0.05, 0) is 31.2 Å². The molecular formula is C13H20FN3. The van der Waals surface area contributed by atoms with E-state index in [1.807, 2.05) is 7.05 Å². The molecule has 1 aromatic carbocycles. The van der Waals surface area contributed by atoms with Gasteiger partial charge in [0.15, 0.2) is 0 Å². The van der Waals surface area contributed by atoms with E-state index in [-0.39, 0.29) is 17.7 Å². The fourth-order valence-corrected chi connectivity index (χ4v) is 1.87. The van der Waals surface area contributed by atoms with Crippen LogP contribution in [0.3, 0.4) is 0 Å². The molecule has 0 heterocycles. The van der Waals surface area contributed by atoms with Gasteiger partial charge in [0.05, 0.1) is 5.84 Å². The summed E-state index contributed by atoms with van der Waals surface area (Å²) in [5.41, 5.74) is 6.49. The molecule has 0 saturated carbocycles. The summed E-state index contributed by atoms with van der Waals surface area (Å²) in [6.45, 7) is 2.82. The predicted octanol–water partition coefficient (Wildman–Crippen LogP) is 2.36. The summed E-state index contributed by atoms with van der Waals surface area (Å²) in [6, 6.07) is 6.76. The van der Waals surface area contributed by atoms with Gasteiger partial charge >= 0.3 is 0 Å². The molecule has 1 rings (SSSR count). The number of hydrogen-bond acceptors (Lipinski definition) is 2. The summed E-state index contributed by atoms with van der Waals surface area (Å²) >= 11 is 0. The third-order valence-corrected chi connectivity index (χ3v) is 2.90. The number of halogens is 1. The van der Waals surface area contributed by atoms with E-state index in [0.717, 1.165) is 18.5 Å². The number of rotatable bonds is 6. The summed E-state index contributed by atoms with van der Waals surface area (Å²) in [6.07, 6.45) is 1.52. The van der Waals surface area contributed by atoms with Crippen LogP contribution < -0.4 is 5.73 Å². The van der Waals surface area contributed by atoms with Crippen LogP contribution in [0.15, 0.2) is 24.3 Å². The lowest BCUT2D eigenvalue weighted by atomic mass is 10.1. The highest BCUT2D eigenvalue weighted by Gasteiger charge is 2.13. The van der Waals surface area contributed by atoms with Gasteiger partial charge in [0.2, 0.25) is 0 Å². The van der Waals surface area contributed by atoms with Crippen molar-refractivity contribution in [2.75, 3.05) is 7.05 Å².